The lowest BCUT2D eigenvalue weighted by Crippen LogP contribution is -2.36. The highest BCUT2D eigenvalue weighted by Gasteiger charge is 2.24. The van der Waals surface area contributed by atoms with E-state index in [9.17, 15) is 4.21 Å². The van der Waals surface area contributed by atoms with Crippen LogP contribution in [0.2, 0.25) is 5.02 Å². The molecule has 0 aromatic heterocycles. The van der Waals surface area contributed by atoms with Crippen LogP contribution in [-0.2, 0) is 11.0 Å². The molecule has 1 unspecified atom stereocenters. The van der Waals surface area contributed by atoms with Crippen LogP contribution in [0, 0.1) is 0 Å². The molecule has 0 radical (unpaired) electrons. The molecule has 0 spiro atoms. The molecular weight excluding hydrogens is 290 g/mol. The van der Waals surface area contributed by atoms with E-state index in [-0.39, 0.29) is 10.8 Å². The zero-order valence-electron chi connectivity index (χ0n) is 13.1. The quantitative estimate of drug-likeness (QED) is 0.796. The predicted octanol–water partition coefficient (Wildman–Crippen LogP) is 4.79. The third-order valence-corrected chi connectivity index (χ3v) is 5.02. The van der Waals surface area contributed by atoms with E-state index in [4.69, 9.17) is 11.6 Å². The summed E-state index contributed by atoms with van der Waals surface area (Å²) < 4.78 is 15.3. The van der Waals surface area contributed by atoms with Gasteiger partial charge in [-0.25, -0.2) is 8.93 Å². The van der Waals surface area contributed by atoms with Gasteiger partial charge in [0.25, 0.3) is 0 Å². The second-order valence-electron chi connectivity index (χ2n) is 6.17. The summed E-state index contributed by atoms with van der Waals surface area (Å²) in [6, 6.07) is 7.63. The van der Waals surface area contributed by atoms with Crippen molar-refractivity contribution >= 4 is 22.6 Å². The first-order valence-electron chi connectivity index (χ1n) is 6.70. The van der Waals surface area contributed by atoms with Gasteiger partial charge in [-0.1, -0.05) is 34.9 Å². The number of nitrogens with one attached hydrogen (secondary N) is 1. The molecule has 112 valence electrons. The lowest BCUT2D eigenvalue weighted by molar-refractivity contribution is 0.620. The average Bonchev–Trinajstić information content (AvgIpc) is 2.34. The molecule has 4 heteroatoms. The molecule has 0 saturated heterocycles. The van der Waals surface area contributed by atoms with Crippen LogP contribution in [-0.4, -0.2) is 8.96 Å². The van der Waals surface area contributed by atoms with Gasteiger partial charge in [0.15, 0.2) is 0 Å². The standard InChI is InChI=1S/C16H24ClNOS/c1-11(2)12(3)15(18-20(19)16(4,5)6)13-7-9-14(17)10-8-13/h7-10,15,18H,1-6H3/t15-,20?/m0/s1. The number of rotatable bonds is 4. The maximum absolute atomic E-state index is 12.4. The fourth-order valence-corrected chi connectivity index (χ4v) is 2.64. The first-order chi connectivity index (χ1) is 9.12. The Morgan fingerprint density at radius 2 is 1.65 bits per heavy atom. The van der Waals surface area contributed by atoms with Crippen LogP contribution >= 0.6 is 11.6 Å². The fourth-order valence-electron chi connectivity index (χ4n) is 1.63. The first kappa shape index (κ1) is 17.4. The molecule has 0 saturated carbocycles. The monoisotopic (exact) mass is 313 g/mol. The lowest BCUT2D eigenvalue weighted by Gasteiger charge is -2.26. The molecule has 1 aromatic carbocycles. The van der Waals surface area contributed by atoms with Crippen molar-refractivity contribution in [1.82, 2.24) is 4.72 Å². The van der Waals surface area contributed by atoms with Crippen LogP contribution in [0.25, 0.3) is 0 Å². The van der Waals surface area contributed by atoms with Crippen molar-refractivity contribution in [3.63, 3.8) is 0 Å². The van der Waals surface area contributed by atoms with Gasteiger partial charge in [0.1, 0.15) is 0 Å². The summed E-state index contributed by atoms with van der Waals surface area (Å²) in [6.07, 6.45) is 0. The van der Waals surface area contributed by atoms with E-state index in [2.05, 4.69) is 25.5 Å². The summed E-state index contributed by atoms with van der Waals surface area (Å²) >= 11 is 5.94. The van der Waals surface area contributed by atoms with Crippen molar-refractivity contribution < 1.29 is 4.21 Å². The fraction of sp³-hybridized carbons (Fsp3) is 0.500. The van der Waals surface area contributed by atoms with Crippen molar-refractivity contribution in [3.8, 4) is 0 Å². The Morgan fingerprint density at radius 3 is 2.05 bits per heavy atom. The lowest BCUT2D eigenvalue weighted by atomic mass is 9.98. The van der Waals surface area contributed by atoms with Gasteiger partial charge in [-0.3, -0.25) is 0 Å². The van der Waals surface area contributed by atoms with E-state index in [0.717, 1.165) is 5.56 Å². The maximum Gasteiger partial charge on any atom is 0.0978 e. The molecule has 2 nitrogen and oxygen atoms in total. The van der Waals surface area contributed by atoms with Gasteiger partial charge in [0.2, 0.25) is 0 Å². The van der Waals surface area contributed by atoms with Crippen LogP contribution in [0.5, 0.6) is 0 Å². The minimum absolute atomic E-state index is 0.0580. The largest absolute Gasteiger partial charge is 0.242 e. The SMILES string of the molecule is CC(C)=C(C)[C@H](NS(=O)C(C)(C)C)c1ccc(Cl)cc1. The molecule has 0 bridgehead atoms. The molecule has 0 fully saturated rings. The predicted molar refractivity (Wildman–Crippen MR) is 89.3 cm³/mol. The molecule has 1 N–H and O–H groups in total. The number of hydrogen-bond acceptors (Lipinski definition) is 1. The smallest absolute Gasteiger partial charge is 0.0978 e. The second kappa shape index (κ2) is 6.88. The normalized spacial score (nSPS) is 14.8. The summed E-state index contributed by atoms with van der Waals surface area (Å²) in [4.78, 5) is 0. The molecule has 0 aliphatic carbocycles. The number of benzene rings is 1. The van der Waals surface area contributed by atoms with E-state index in [1.54, 1.807) is 0 Å². The number of hydrogen-bond donors (Lipinski definition) is 1. The Bertz CT molecular complexity index is 510. The summed E-state index contributed by atoms with van der Waals surface area (Å²) in [5, 5.41) is 0.708. The van der Waals surface area contributed by atoms with E-state index in [0.29, 0.717) is 5.02 Å². The van der Waals surface area contributed by atoms with Gasteiger partial charge in [0, 0.05) is 5.02 Å². The summed E-state index contributed by atoms with van der Waals surface area (Å²) in [7, 11) is -1.13. The Morgan fingerprint density at radius 1 is 1.15 bits per heavy atom. The maximum atomic E-state index is 12.4. The molecule has 2 atom stereocenters. The van der Waals surface area contributed by atoms with Gasteiger partial charge >= 0.3 is 0 Å². The van der Waals surface area contributed by atoms with Gasteiger partial charge < -0.3 is 0 Å². The van der Waals surface area contributed by atoms with Gasteiger partial charge in [0.05, 0.1) is 21.8 Å². The minimum atomic E-state index is -1.13. The highest BCUT2D eigenvalue weighted by molar-refractivity contribution is 7.84. The third kappa shape index (κ3) is 4.72. The van der Waals surface area contributed by atoms with Gasteiger partial charge in [-0.05, 0) is 59.2 Å². The van der Waals surface area contributed by atoms with Crippen molar-refractivity contribution in [2.24, 2.45) is 0 Å². The summed E-state index contributed by atoms with van der Waals surface area (Å²) in [6.45, 7) is 12.1. The molecule has 1 aromatic rings. The summed E-state index contributed by atoms with van der Waals surface area (Å²) in [5.74, 6) is 0. The Hall–Kier alpha value is -0.640. The Balaban J connectivity index is 3.14. The van der Waals surface area contributed by atoms with Crippen LogP contribution in [0.1, 0.15) is 53.1 Å². The van der Waals surface area contributed by atoms with Crippen molar-refractivity contribution in [2.75, 3.05) is 0 Å². The van der Waals surface area contributed by atoms with E-state index < -0.39 is 11.0 Å². The highest BCUT2D eigenvalue weighted by atomic mass is 35.5. The third-order valence-electron chi connectivity index (χ3n) is 3.21. The molecule has 0 heterocycles. The molecule has 0 aliphatic heterocycles. The van der Waals surface area contributed by atoms with Gasteiger partial charge in [-0.2, -0.15) is 0 Å². The zero-order chi connectivity index (χ0) is 15.5. The zero-order valence-corrected chi connectivity index (χ0v) is 14.7. The highest BCUT2D eigenvalue weighted by Crippen LogP contribution is 2.27. The Kier molecular flexibility index (Phi) is 5.99. The molecular formula is C16H24ClNOS. The van der Waals surface area contributed by atoms with Gasteiger partial charge in [-0.15, -0.1) is 0 Å². The van der Waals surface area contributed by atoms with Crippen molar-refractivity contribution in [2.45, 2.75) is 52.3 Å². The molecule has 0 amide bonds. The van der Waals surface area contributed by atoms with Crippen LogP contribution < -0.4 is 4.72 Å². The van der Waals surface area contributed by atoms with Crippen LogP contribution in [0.3, 0.4) is 0 Å². The van der Waals surface area contributed by atoms with E-state index >= 15 is 0 Å². The van der Waals surface area contributed by atoms with Crippen molar-refractivity contribution in [1.29, 1.82) is 0 Å². The van der Waals surface area contributed by atoms with E-state index in [1.807, 2.05) is 45.0 Å². The van der Waals surface area contributed by atoms with Crippen LogP contribution in [0.15, 0.2) is 35.4 Å². The number of allylic oxidation sites excluding steroid dienone is 1. The molecule has 20 heavy (non-hydrogen) atoms. The topological polar surface area (TPSA) is 29.1 Å². The van der Waals surface area contributed by atoms with Crippen LogP contribution in [0.4, 0.5) is 0 Å². The van der Waals surface area contributed by atoms with Crippen molar-refractivity contribution in [3.05, 3.63) is 46.0 Å². The first-order valence-corrected chi connectivity index (χ1v) is 8.23. The molecule has 0 aliphatic rings. The van der Waals surface area contributed by atoms with E-state index in [1.165, 1.54) is 11.1 Å². The second-order valence-corrected chi connectivity index (χ2v) is 8.60. The Labute approximate surface area is 130 Å². The number of halogens is 1. The summed E-state index contributed by atoms with van der Waals surface area (Å²) in [5.41, 5.74) is 3.49. The molecule has 1 rings (SSSR count). The minimum Gasteiger partial charge on any atom is -0.242 e. The average molecular weight is 314 g/mol.